The van der Waals surface area contributed by atoms with Crippen LogP contribution in [-0.4, -0.2) is 18.3 Å². The summed E-state index contributed by atoms with van der Waals surface area (Å²) in [6.07, 6.45) is 0.721. The van der Waals surface area contributed by atoms with Crippen LogP contribution in [0.5, 0.6) is 5.75 Å². The Labute approximate surface area is 102 Å². The van der Waals surface area contributed by atoms with Gasteiger partial charge in [0.2, 0.25) is 0 Å². The second-order valence-electron chi connectivity index (χ2n) is 4.79. The summed E-state index contributed by atoms with van der Waals surface area (Å²) in [6.45, 7) is 4.50. The molecule has 0 aliphatic heterocycles. The molecule has 92 valence electrons. The minimum Gasteiger partial charge on any atom is -0.492 e. The summed E-state index contributed by atoms with van der Waals surface area (Å²) in [6, 6.07) is 7.03. The number of hydrogen-bond donors (Lipinski definition) is 2. The van der Waals surface area contributed by atoms with Gasteiger partial charge in [-0.25, -0.2) is 0 Å². The number of aliphatic hydroxyl groups excluding tert-OH is 1. The van der Waals surface area contributed by atoms with E-state index in [4.69, 9.17) is 20.8 Å². The van der Waals surface area contributed by atoms with Crippen molar-refractivity contribution in [1.29, 1.82) is 5.26 Å². The highest BCUT2D eigenvalue weighted by Gasteiger charge is 2.16. The van der Waals surface area contributed by atoms with Gasteiger partial charge in [0.1, 0.15) is 11.8 Å². The van der Waals surface area contributed by atoms with Gasteiger partial charge in [0.25, 0.3) is 0 Å². The number of aliphatic hydroxyl groups is 1. The summed E-state index contributed by atoms with van der Waals surface area (Å²) in [5.41, 5.74) is 6.40. The fraction of sp³-hybridized carbons (Fsp3) is 0.462. The average molecular weight is 234 g/mol. The van der Waals surface area contributed by atoms with Crippen molar-refractivity contribution in [2.45, 2.75) is 20.3 Å². The number of anilines is 1. The van der Waals surface area contributed by atoms with Crippen molar-refractivity contribution in [3.8, 4) is 11.8 Å². The van der Waals surface area contributed by atoms with E-state index in [0.717, 1.165) is 6.42 Å². The van der Waals surface area contributed by atoms with Crippen LogP contribution in [0.25, 0.3) is 0 Å². The van der Waals surface area contributed by atoms with Crippen LogP contribution in [0.1, 0.15) is 25.8 Å². The quantitative estimate of drug-likeness (QED) is 0.763. The van der Waals surface area contributed by atoms with Gasteiger partial charge in [0.05, 0.1) is 12.2 Å². The molecule has 1 rings (SSSR count). The lowest BCUT2D eigenvalue weighted by atomic mass is 9.91. The van der Waals surface area contributed by atoms with Gasteiger partial charge in [-0.1, -0.05) is 13.8 Å². The van der Waals surface area contributed by atoms with Crippen molar-refractivity contribution < 1.29 is 9.84 Å². The number of hydrogen-bond acceptors (Lipinski definition) is 4. The normalized spacial score (nSPS) is 10.9. The number of nitrogens with two attached hydrogens (primary N) is 1. The van der Waals surface area contributed by atoms with Crippen LogP contribution in [0.3, 0.4) is 0 Å². The molecule has 0 heterocycles. The lowest BCUT2D eigenvalue weighted by Crippen LogP contribution is -2.20. The Kier molecular flexibility index (Phi) is 4.36. The molecule has 1 aromatic rings. The number of nitrogens with zero attached hydrogens (tertiary/aromatic N) is 1. The maximum absolute atomic E-state index is 9.10. The molecule has 0 saturated heterocycles. The summed E-state index contributed by atoms with van der Waals surface area (Å²) < 4.78 is 5.53. The molecule has 4 nitrogen and oxygen atoms in total. The second-order valence-corrected chi connectivity index (χ2v) is 4.79. The number of rotatable bonds is 5. The highest BCUT2D eigenvalue weighted by Crippen LogP contribution is 2.23. The first kappa shape index (κ1) is 13.3. The number of nitriles is 1. The number of ether oxygens (including phenoxy) is 1. The molecular formula is C13H18N2O2. The zero-order valence-corrected chi connectivity index (χ0v) is 10.2. The van der Waals surface area contributed by atoms with E-state index in [-0.39, 0.29) is 12.0 Å². The van der Waals surface area contributed by atoms with E-state index in [0.29, 0.717) is 23.6 Å². The Morgan fingerprint density at radius 3 is 2.76 bits per heavy atom. The molecule has 0 radical (unpaired) electrons. The first-order valence-corrected chi connectivity index (χ1v) is 5.52. The lowest BCUT2D eigenvalue weighted by molar-refractivity contribution is 0.128. The van der Waals surface area contributed by atoms with E-state index >= 15 is 0 Å². The van der Waals surface area contributed by atoms with Crippen molar-refractivity contribution >= 4 is 5.69 Å². The Bertz CT molecular complexity index is 422. The van der Waals surface area contributed by atoms with Crippen molar-refractivity contribution in [1.82, 2.24) is 0 Å². The predicted molar refractivity (Wildman–Crippen MR) is 66.5 cm³/mol. The molecule has 0 amide bonds. The third-order valence-corrected chi connectivity index (χ3v) is 2.59. The standard InChI is InChI=1S/C13H18N2O2/c1-13(2,9-16)5-6-17-12-4-3-11(15)7-10(12)8-14/h3-4,7,16H,5-6,9,15H2,1-2H3. The SMILES string of the molecule is CC(C)(CO)CCOc1ccc(N)cc1C#N. The van der Waals surface area contributed by atoms with Gasteiger partial charge >= 0.3 is 0 Å². The van der Waals surface area contributed by atoms with Gasteiger partial charge in [-0.15, -0.1) is 0 Å². The largest absolute Gasteiger partial charge is 0.492 e. The third kappa shape index (κ3) is 3.97. The maximum Gasteiger partial charge on any atom is 0.137 e. The molecule has 0 unspecified atom stereocenters. The summed E-state index contributed by atoms with van der Waals surface area (Å²) in [5, 5.41) is 18.0. The number of benzene rings is 1. The molecule has 0 atom stereocenters. The molecule has 0 aliphatic carbocycles. The lowest BCUT2D eigenvalue weighted by Gasteiger charge is -2.21. The molecule has 17 heavy (non-hydrogen) atoms. The van der Waals surface area contributed by atoms with Gasteiger partial charge in [0, 0.05) is 12.3 Å². The topological polar surface area (TPSA) is 79.3 Å². The zero-order valence-electron chi connectivity index (χ0n) is 10.2. The highest BCUT2D eigenvalue weighted by atomic mass is 16.5. The summed E-state index contributed by atoms with van der Waals surface area (Å²) in [5.74, 6) is 0.537. The first-order valence-electron chi connectivity index (χ1n) is 5.52. The van der Waals surface area contributed by atoms with E-state index in [2.05, 4.69) is 0 Å². The molecule has 0 fully saturated rings. The van der Waals surface area contributed by atoms with Crippen molar-refractivity contribution in [3.63, 3.8) is 0 Å². The van der Waals surface area contributed by atoms with Crippen LogP contribution in [0.15, 0.2) is 18.2 Å². The fourth-order valence-corrected chi connectivity index (χ4v) is 1.28. The number of nitrogen functional groups attached to an aromatic ring is 1. The first-order chi connectivity index (χ1) is 7.98. The van der Waals surface area contributed by atoms with Crippen LogP contribution >= 0.6 is 0 Å². The molecule has 1 aromatic carbocycles. The van der Waals surface area contributed by atoms with Gasteiger partial charge in [-0.3, -0.25) is 0 Å². The monoisotopic (exact) mass is 234 g/mol. The van der Waals surface area contributed by atoms with E-state index in [9.17, 15) is 0 Å². The van der Waals surface area contributed by atoms with Gasteiger partial charge in [-0.2, -0.15) is 5.26 Å². The molecule has 4 heteroatoms. The van der Waals surface area contributed by atoms with E-state index < -0.39 is 0 Å². The molecule has 0 spiro atoms. The van der Waals surface area contributed by atoms with E-state index in [1.54, 1.807) is 18.2 Å². The summed E-state index contributed by atoms with van der Waals surface area (Å²) >= 11 is 0. The Morgan fingerprint density at radius 2 is 2.18 bits per heavy atom. The summed E-state index contributed by atoms with van der Waals surface area (Å²) in [7, 11) is 0. The Balaban J connectivity index is 2.62. The van der Waals surface area contributed by atoms with Crippen LogP contribution in [0.4, 0.5) is 5.69 Å². The Hall–Kier alpha value is -1.73. The smallest absolute Gasteiger partial charge is 0.137 e. The molecule has 0 bridgehead atoms. The molecule has 0 aliphatic rings. The van der Waals surface area contributed by atoms with Crippen molar-refractivity contribution in [2.75, 3.05) is 18.9 Å². The van der Waals surface area contributed by atoms with E-state index in [1.165, 1.54) is 0 Å². The second kappa shape index (κ2) is 5.55. The average Bonchev–Trinajstić information content (AvgIpc) is 2.30. The fourth-order valence-electron chi connectivity index (χ4n) is 1.28. The predicted octanol–water partition coefficient (Wildman–Crippen LogP) is 1.93. The van der Waals surface area contributed by atoms with Crippen molar-refractivity contribution in [3.05, 3.63) is 23.8 Å². The van der Waals surface area contributed by atoms with Crippen LogP contribution in [0.2, 0.25) is 0 Å². The molecule has 3 N–H and O–H groups in total. The third-order valence-electron chi connectivity index (χ3n) is 2.59. The van der Waals surface area contributed by atoms with Gasteiger partial charge in [-0.05, 0) is 30.0 Å². The van der Waals surface area contributed by atoms with Crippen LogP contribution in [-0.2, 0) is 0 Å². The van der Waals surface area contributed by atoms with Gasteiger partial charge in [0.15, 0.2) is 0 Å². The molecule has 0 saturated carbocycles. The van der Waals surface area contributed by atoms with Gasteiger partial charge < -0.3 is 15.6 Å². The molecule has 0 aromatic heterocycles. The minimum absolute atomic E-state index is 0.114. The highest BCUT2D eigenvalue weighted by molar-refractivity contribution is 5.53. The van der Waals surface area contributed by atoms with Crippen LogP contribution < -0.4 is 10.5 Å². The zero-order chi connectivity index (χ0) is 12.9. The molecular weight excluding hydrogens is 216 g/mol. The van der Waals surface area contributed by atoms with E-state index in [1.807, 2.05) is 19.9 Å². The van der Waals surface area contributed by atoms with Crippen molar-refractivity contribution in [2.24, 2.45) is 5.41 Å². The van der Waals surface area contributed by atoms with Crippen LogP contribution in [0, 0.1) is 16.7 Å². The maximum atomic E-state index is 9.10. The Morgan fingerprint density at radius 1 is 1.47 bits per heavy atom. The minimum atomic E-state index is -0.166. The summed E-state index contributed by atoms with van der Waals surface area (Å²) in [4.78, 5) is 0.